The van der Waals surface area contributed by atoms with E-state index >= 15 is 0 Å². The van der Waals surface area contributed by atoms with E-state index in [-0.39, 0.29) is 5.56 Å². The lowest BCUT2D eigenvalue weighted by atomic mass is 10.0. The number of nitrogens with one attached hydrogen (secondary N) is 2. The molecule has 0 saturated heterocycles. The maximum Gasteiger partial charge on any atom is 0.253 e. The fourth-order valence-electron chi connectivity index (χ4n) is 3.61. The SMILES string of the molecule is Cc1ccc(NC(=S)N(CCCN(C)C)Cc2cc3c(C)ccc(C)c3[nH]c2=O)cc1. The molecule has 0 amide bonds. The smallest absolute Gasteiger partial charge is 0.253 e. The summed E-state index contributed by atoms with van der Waals surface area (Å²) in [5, 5.41) is 5.05. The first kappa shape index (κ1) is 23.0. The lowest BCUT2D eigenvalue weighted by Crippen LogP contribution is -2.37. The van der Waals surface area contributed by atoms with Gasteiger partial charge in [-0.2, -0.15) is 0 Å². The molecule has 0 aliphatic carbocycles. The van der Waals surface area contributed by atoms with Gasteiger partial charge in [0.15, 0.2) is 5.11 Å². The highest BCUT2D eigenvalue weighted by Gasteiger charge is 2.15. The van der Waals surface area contributed by atoms with Crippen molar-refractivity contribution in [2.75, 3.05) is 32.5 Å². The van der Waals surface area contributed by atoms with E-state index < -0.39 is 0 Å². The van der Waals surface area contributed by atoms with E-state index in [1.807, 2.05) is 31.2 Å². The Hall–Kier alpha value is -2.70. The zero-order valence-electron chi connectivity index (χ0n) is 19.1. The van der Waals surface area contributed by atoms with Gasteiger partial charge in [-0.15, -0.1) is 0 Å². The van der Waals surface area contributed by atoms with Crippen LogP contribution in [0.5, 0.6) is 0 Å². The molecule has 2 aromatic carbocycles. The topological polar surface area (TPSA) is 51.4 Å². The monoisotopic (exact) mass is 436 g/mol. The highest BCUT2D eigenvalue weighted by atomic mass is 32.1. The largest absolute Gasteiger partial charge is 0.344 e. The molecule has 0 unspecified atom stereocenters. The number of anilines is 1. The van der Waals surface area contributed by atoms with Crippen molar-refractivity contribution in [2.45, 2.75) is 33.7 Å². The standard InChI is InChI=1S/C25H32N4OS/c1-17-7-11-21(12-8-17)26-25(31)29(14-6-13-28(4)5)16-20-15-22-18(2)9-10-19(3)23(22)27-24(20)30/h7-12,15H,6,13-14,16H2,1-5H3,(H,26,31)(H,27,30). The predicted molar refractivity (Wildman–Crippen MR) is 135 cm³/mol. The van der Waals surface area contributed by atoms with E-state index in [2.05, 4.69) is 66.2 Å². The molecule has 0 spiro atoms. The minimum absolute atomic E-state index is 0.0584. The van der Waals surface area contributed by atoms with Crippen LogP contribution in [0.25, 0.3) is 10.9 Å². The van der Waals surface area contributed by atoms with Gasteiger partial charge in [0.1, 0.15) is 0 Å². The summed E-state index contributed by atoms with van der Waals surface area (Å²) < 4.78 is 0. The van der Waals surface area contributed by atoms with Gasteiger partial charge in [-0.1, -0.05) is 29.8 Å². The molecule has 0 atom stereocenters. The van der Waals surface area contributed by atoms with E-state index in [9.17, 15) is 4.79 Å². The summed E-state index contributed by atoms with van der Waals surface area (Å²) in [5.41, 5.74) is 5.95. The van der Waals surface area contributed by atoms with Crippen LogP contribution in [0.4, 0.5) is 5.69 Å². The minimum Gasteiger partial charge on any atom is -0.344 e. The summed E-state index contributed by atoms with van der Waals surface area (Å²) in [7, 11) is 4.12. The molecule has 1 aromatic heterocycles. The molecule has 0 aliphatic rings. The average Bonchev–Trinajstić information content (AvgIpc) is 2.72. The van der Waals surface area contributed by atoms with Crippen molar-refractivity contribution in [2.24, 2.45) is 0 Å². The molecule has 0 bridgehead atoms. The number of thiocarbonyl (C=S) groups is 1. The Balaban J connectivity index is 1.87. The van der Waals surface area contributed by atoms with Crippen molar-refractivity contribution in [3.8, 4) is 0 Å². The third kappa shape index (κ3) is 5.93. The minimum atomic E-state index is -0.0584. The van der Waals surface area contributed by atoms with Crippen molar-refractivity contribution in [1.82, 2.24) is 14.8 Å². The lowest BCUT2D eigenvalue weighted by Gasteiger charge is -2.26. The lowest BCUT2D eigenvalue weighted by molar-refractivity contribution is 0.346. The second-order valence-corrected chi connectivity index (χ2v) is 8.87. The number of rotatable bonds is 7. The Kier molecular flexibility index (Phi) is 7.46. The molecular weight excluding hydrogens is 404 g/mol. The normalized spacial score (nSPS) is 11.2. The van der Waals surface area contributed by atoms with E-state index in [4.69, 9.17) is 12.2 Å². The van der Waals surface area contributed by atoms with Crippen LogP contribution in [0.3, 0.4) is 0 Å². The number of hydrogen-bond donors (Lipinski definition) is 2. The number of pyridine rings is 1. The first-order valence-corrected chi connectivity index (χ1v) is 11.0. The van der Waals surface area contributed by atoms with Crippen LogP contribution in [0.2, 0.25) is 0 Å². The van der Waals surface area contributed by atoms with Crippen LogP contribution in [0.1, 0.15) is 28.7 Å². The fourth-order valence-corrected chi connectivity index (χ4v) is 3.88. The quantitative estimate of drug-likeness (QED) is 0.530. The van der Waals surface area contributed by atoms with Gasteiger partial charge in [-0.25, -0.2) is 0 Å². The van der Waals surface area contributed by atoms with Gasteiger partial charge < -0.3 is 20.1 Å². The third-order valence-electron chi connectivity index (χ3n) is 5.51. The van der Waals surface area contributed by atoms with Crippen molar-refractivity contribution in [3.05, 3.63) is 75.1 Å². The van der Waals surface area contributed by atoms with Crippen LogP contribution in [0.15, 0.2) is 47.3 Å². The van der Waals surface area contributed by atoms with E-state index in [1.54, 1.807) is 0 Å². The molecule has 0 radical (unpaired) electrons. The van der Waals surface area contributed by atoms with Crippen LogP contribution in [-0.2, 0) is 6.54 Å². The molecule has 164 valence electrons. The van der Waals surface area contributed by atoms with Gasteiger partial charge >= 0.3 is 0 Å². The molecule has 2 N–H and O–H groups in total. The number of nitrogens with zero attached hydrogens (tertiary/aromatic N) is 2. The van der Waals surface area contributed by atoms with Crippen LogP contribution < -0.4 is 10.9 Å². The van der Waals surface area contributed by atoms with Crippen LogP contribution in [0, 0.1) is 20.8 Å². The van der Waals surface area contributed by atoms with E-state index in [0.29, 0.717) is 11.7 Å². The maximum absolute atomic E-state index is 12.9. The summed E-state index contributed by atoms with van der Waals surface area (Å²) in [6, 6.07) is 14.3. The number of H-pyrrole nitrogens is 1. The number of fused-ring (bicyclic) bond motifs is 1. The Labute approximate surface area is 190 Å². The molecule has 0 fully saturated rings. The summed E-state index contributed by atoms with van der Waals surface area (Å²) in [4.78, 5) is 20.2. The first-order valence-electron chi connectivity index (χ1n) is 10.6. The highest BCUT2D eigenvalue weighted by Crippen LogP contribution is 2.20. The Bertz CT molecular complexity index is 1120. The fraction of sp³-hybridized carbons (Fsp3) is 0.360. The number of benzene rings is 2. The van der Waals surface area contributed by atoms with Crippen LogP contribution in [-0.4, -0.2) is 47.1 Å². The molecule has 0 aliphatic heterocycles. The van der Waals surface area contributed by atoms with Crippen molar-refractivity contribution in [3.63, 3.8) is 0 Å². The van der Waals surface area contributed by atoms with E-state index in [0.717, 1.165) is 52.8 Å². The molecule has 1 heterocycles. The number of aromatic amines is 1. The van der Waals surface area contributed by atoms with Crippen molar-refractivity contribution in [1.29, 1.82) is 0 Å². The summed E-state index contributed by atoms with van der Waals surface area (Å²) in [5.74, 6) is 0. The number of aromatic nitrogens is 1. The van der Waals surface area contributed by atoms with Gasteiger partial charge in [0, 0.05) is 23.2 Å². The van der Waals surface area contributed by atoms with Gasteiger partial charge in [0.2, 0.25) is 0 Å². The predicted octanol–water partition coefficient (Wildman–Crippen LogP) is 4.60. The molecule has 3 aromatic rings. The van der Waals surface area contributed by atoms with Crippen molar-refractivity contribution < 1.29 is 0 Å². The van der Waals surface area contributed by atoms with Crippen molar-refractivity contribution >= 4 is 33.9 Å². The molecule has 0 saturated carbocycles. The molecule has 6 heteroatoms. The van der Waals surface area contributed by atoms with Gasteiger partial charge in [-0.3, -0.25) is 4.79 Å². The zero-order chi connectivity index (χ0) is 22.5. The van der Waals surface area contributed by atoms with Gasteiger partial charge in [0.25, 0.3) is 5.56 Å². The molecular formula is C25H32N4OS. The Morgan fingerprint density at radius 2 is 1.68 bits per heavy atom. The molecule has 5 nitrogen and oxygen atoms in total. The Morgan fingerprint density at radius 3 is 2.35 bits per heavy atom. The molecule has 31 heavy (non-hydrogen) atoms. The molecule has 3 rings (SSSR count). The second kappa shape index (κ2) is 10.1. The summed E-state index contributed by atoms with van der Waals surface area (Å²) >= 11 is 5.74. The maximum atomic E-state index is 12.9. The number of aryl methyl sites for hydroxylation is 3. The van der Waals surface area contributed by atoms with Crippen LogP contribution >= 0.6 is 12.2 Å². The summed E-state index contributed by atoms with van der Waals surface area (Å²) in [6.07, 6.45) is 0.951. The highest BCUT2D eigenvalue weighted by molar-refractivity contribution is 7.80. The van der Waals surface area contributed by atoms with E-state index in [1.165, 1.54) is 5.56 Å². The number of hydrogen-bond acceptors (Lipinski definition) is 3. The van der Waals surface area contributed by atoms with Gasteiger partial charge in [0.05, 0.1) is 12.1 Å². The third-order valence-corrected chi connectivity index (χ3v) is 5.87. The van der Waals surface area contributed by atoms with Gasteiger partial charge in [-0.05, 0) is 89.4 Å². The summed E-state index contributed by atoms with van der Waals surface area (Å²) in [6.45, 7) is 8.33. The Morgan fingerprint density at radius 1 is 1.00 bits per heavy atom. The second-order valence-electron chi connectivity index (χ2n) is 8.49. The average molecular weight is 437 g/mol. The first-order chi connectivity index (χ1) is 14.7. The zero-order valence-corrected chi connectivity index (χ0v) is 19.9.